The third-order valence-corrected chi connectivity index (χ3v) is 16.8. The van der Waals surface area contributed by atoms with Crippen LogP contribution in [0.25, 0.3) is 0 Å². The second-order valence-electron chi connectivity index (χ2n) is 15.9. The maximum atomic E-state index is 13.4. The molecule has 0 amide bonds. The van der Waals surface area contributed by atoms with E-state index in [4.69, 9.17) is 24.1 Å². The van der Waals surface area contributed by atoms with Crippen molar-refractivity contribution in [2.45, 2.75) is 118 Å². The highest BCUT2D eigenvalue weighted by molar-refractivity contribution is 7.95. The van der Waals surface area contributed by atoms with Crippen molar-refractivity contribution in [3.05, 3.63) is 23.3 Å². The predicted octanol–water partition coefficient (Wildman–Crippen LogP) is 2.08. The van der Waals surface area contributed by atoms with Gasteiger partial charge in [0.15, 0.2) is 15.6 Å². The number of morpholine rings is 1. The van der Waals surface area contributed by atoms with E-state index in [1.807, 2.05) is 11.8 Å². The van der Waals surface area contributed by atoms with Gasteiger partial charge in [0.25, 0.3) is 15.9 Å². The number of nitrogens with one attached hydrogen (secondary N) is 3. The van der Waals surface area contributed by atoms with Crippen LogP contribution in [0.5, 0.6) is 5.88 Å². The Hall–Kier alpha value is -4.11. The van der Waals surface area contributed by atoms with Gasteiger partial charge in [-0.1, -0.05) is 13.8 Å². The Morgan fingerprint density at radius 2 is 1.71 bits per heavy atom. The summed E-state index contributed by atoms with van der Waals surface area (Å²) in [7, 11) is -8.09. The zero-order valence-corrected chi connectivity index (χ0v) is 39.3. The lowest BCUT2D eigenvalue weighted by Crippen LogP contribution is -2.46. The van der Waals surface area contributed by atoms with Gasteiger partial charge in [0.1, 0.15) is 27.2 Å². The Morgan fingerprint density at radius 1 is 1.06 bits per heavy atom. The van der Waals surface area contributed by atoms with Crippen molar-refractivity contribution < 1.29 is 70.0 Å². The largest absolute Gasteiger partial charge is 0.478 e. The van der Waals surface area contributed by atoms with Crippen LogP contribution in [0, 0.1) is 5.92 Å². The van der Waals surface area contributed by atoms with Crippen molar-refractivity contribution in [1.29, 1.82) is 0 Å². The van der Waals surface area contributed by atoms with E-state index in [0.717, 1.165) is 11.7 Å². The molecule has 0 aromatic carbocycles. The number of nitrogens with zero attached hydrogens (tertiary/aromatic N) is 3. The molecule has 6 atom stereocenters. The first-order valence-corrected chi connectivity index (χ1v) is 24.8. The summed E-state index contributed by atoms with van der Waals surface area (Å²) in [6.45, 7) is 13.2. The first-order valence-electron chi connectivity index (χ1n) is 20.2. The molecule has 0 aliphatic carbocycles. The van der Waals surface area contributed by atoms with Gasteiger partial charge in [0, 0.05) is 48.4 Å². The molecule has 1 fully saturated rings. The Kier molecular flexibility index (Phi) is 18.1. The molecule has 0 saturated carbocycles. The molecule has 2 aromatic heterocycles. The first kappa shape index (κ1) is 51.5. The fourth-order valence-corrected chi connectivity index (χ4v) is 12.5. The second-order valence-corrected chi connectivity index (χ2v) is 22.0. The Bertz CT molecular complexity index is 2220. The molecule has 25 heteroatoms. The van der Waals surface area contributed by atoms with Gasteiger partial charge in [-0.2, -0.15) is 4.37 Å². The van der Waals surface area contributed by atoms with Crippen LogP contribution in [0.1, 0.15) is 85.8 Å². The fraction of sp³-hybridized carbons (Fsp3) is 0.658. The van der Waals surface area contributed by atoms with E-state index in [2.05, 4.69) is 24.1 Å². The van der Waals surface area contributed by atoms with Crippen LogP contribution in [0.4, 0.5) is 5.82 Å². The number of ether oxygens (including phenoxy) is 4. The average molecular weight is 965 g/mol. The van der Waals surface area contributed by atoms with Crippen LogP contribution in [-0.4, -0.2) is 140 Å². The number of aromatic nitrogens is 2. The maximum Gasteiger partial charge on any atom is 0.331 e. The van der Waals surface area contributed by atoms with Crippen molar-refractivity contribution >= 4 is 78.4 Å². The second kappa shape index (κ2) is 22.2. The molecule has 0 radical (unpaired) electrons. The highest BCUT2D eigenvalue weighted by Crippen LogP contribution is 2.43. The quantitative estimate of drug-likeness (QED) is 0.0743. The molecule has 1 saturated heterocycles. The lowest BCUT2D eigenvalue weighted by molar-refractivity contribution is -0.158. The van der Waals surface area contributed by atoms with Crippen LogP contribution in [0.15, 0.2) is 26.1 Å². The van der Waals surface area contributed by atoms with Gasteiger partial charge in [-0.25, -0.2) is 31.1 Å². The number of esters is 2. The minimum Gasteiger partial charge on any atom is -0.478 e. The molecule has 5 N–H and O–H groups in total. The summed E-state index contributed by atoms with van der Waals surface area (Å²) in [5.41, 5.74) is -0.999. The number of sulfone groups is 1. The Morgan fingerprint density at radius 3 is 2.33 bits per heavy atom. The monoisotopic (exact) mass is 964 g/mol. The van der Waals surface area contributed by atoms with E-state index in [1.165, 1.54) is 26.8 Å². The minimum absolute atomic E-state index is 0.0289. The van der Waals surface area contributed by atoms with Crippen molar-refractivity contribution in [3.63, 3.8) is 0 Å². The molecule has 2 unspecified atom stereocenters. The number of Topliss-reactive ketones (excluding diaryl/α,β-unsaturated/α-hetero) is 1. The summed E-state index contributed by atoms with van der Waals surface area (Å²) >= 11 is 1.55. The van der Waals surface area contributed by atoms with Crippen molar-refractivity contribution in [3.8, 4) is 5.88 Å². The maximum absolute atomic E-state index is 13.4. The molecular weight excluding hydrogens is 909 g/mol. The summed E-state index contributed by atoms with van der Waals surface area (Å²) in [4.78, 5) is 64.2. The normalized spacial score (nSPS) is 19.9. The predicted molar refractivity (Wildman–Crippen MR) is 229 cm³/mol. The summed E-state index contributed by atoms with van der Waals surface area (Å²) < 4.78 is 86.0. The molecule has 2 aliphatic heterocycles. The van der Waals surface area contributed by atoms with Crippen molar-refractivity contribution in [1.82, 2.24) is 24.1 Å². The Balaban J connectivity index is 1.35. The summed E-state index contributed by atoms with van der Waals surface area (Å²) in [6, 6.07) is -0.322. The average Bonchev–Trinajstić information content (AvgIpc) is 3.89. The molecular formula is C38H56N6O15S4. The highest BCUT2D eigenvalue weighted by Gasteiger charge is 2.40. The van der Waals surface area contributed by atoms with E-state index < -0.39 is 97.3 Å². The van der Waals surface area contributed by atoms with E-state index in [-0.39, 0.29) is 51.9 Å². The van der Waals surface area contributed by atoms with Crippen LogP contribution in [0.2, 0.25) is 0 Å². The van der Waals surface area contributed by atoms with Gasteiger partial charge in [-0.05, 0) is 60.1 Å². The molecule has 0 bridgehead atoms. The molecule has 2 aromatic rings. The van der Waals surface area contributed by atoms with Gasteiger partial charge in [0.2, 0.25) is 5.82 Å². The number of aliphatic carboxylic acids is 2. The smallest absolute Gasteiger partial charge is 0.331 e. The number of carbonyl (C=O) groups is 5. The lowest BCUT2D eigenvalue weighted by atomic mass is 9.94. The number of fused-ring (bicyclic) bond motifs is 1. The molecule has 4 rings (SSSR count). The SMILES string of the molecule is CCN[C@H]1C[C@H](C)S(=O)(=O)c2sc(S(=O)(=O)NC(C)C(=O)[C@H](C)C(C)OC(=O)CCC(=O)O[C@@H](CNC(C)(C)C/C(=C/C(=O)O)C(=O)O)COc3nsnc3N3CCOCC3)cc21. The summed E-state index contributed by atoms with van der Waals surface area (Å²) in [6.07, 6.45) is -2.28. The zero-order valence-electron chi connectivity index (χ0n) is 36.1. The van der Waals surface area contributed by atoms with Crippen molar-refractivity contribution in [2.75, 3.05) is 50.9 Å². The van der Waals surface area contributed by atoms with E-state index in [0.29, 0.717) is 61.6 Å². The number of carboxylic acids is 2. The van der Waals surface area contributed by atoms with Crippen molar-refractivity contribution in [2.24, 2.45) is 5.92 Å². The number of thiophene rings is 1. The van der Waals surface area contributed by atoms with Crippen LogP contribution >= 0.6 is 23.1 Å². The van der Waals surface area contributed by atoms with Gasteiger partial charge < -0.3 is 44.7 Å². The van der Waals surface area contributed by atoms with Crippen LogP contribution in [-0.2, 0) is 58.0 Å². The minimum atomic E-state index is -4.34. The summed E-state index contributed by atoms with van der Waals surface area (Å²) in [5.74, 6) is -5.44. The topological polar surface area (TPSA) is 296 Å². The Labute approximate surface area is 374 Å². The number of carboxylic acid groups (broad SMARTS) is 2. The molecule has 352 valence electrons. The van der Waals surface area contributed by atoms with Gasteiger partial charge >= 0.3 is 23.9 Å². The fourth-order valence-electron chi connectivity index (χ4n) is 6.77. The lowest BCUT2D eigenvalue weighted by Gasteiger charge is -2.29. The molecule has 0 spiro atoms. The third kappa shape index (κ3) is 14.2. The summed E-state index contributed by atoms with van der Waals surface area (Å²) in [5, 5.41) is 24.2. The number of hydrogen-bond donors (Lipinski definition) is 5. The molecule has 4 heterocycles. The van der Waals surface area contributed by atoms with Gasteiger partial charge in [-0.3, -0.25) is 14.4 Å². The molecule has 2 aliphatic rings. The molecule has 21 nitrogen and oxygen atoms in total. The van der Waals surface area contributed by atoms with E-state index >= 15 is 0 Å². The van der Waals surface area contributed by atoms with Crippen LogP contribution < -0.4 is 25.0 Å². The number of rotatable bonds is 24. The van der Waals surface area contributed by atoms with Gasteiger partial charge in [-0.15, -0.1) is 15.7 Å². The number of sulfonamides is 1. The third-order valence-electron chi connectivity index (χ3n) is 10.4. The number of hydrogen-bond acceptors (Lipinski definition) is 20. The number of ketones is 1. The number of anilines is 1. The van der Waals surface area contributed by atoms with Gasteiger partial charge in [0.05, 0.1) is 55.0 Å². The van der Waals surface area contributed by atoms with Crippen LogP contribution in [0.3, 0.4) is 0 Å². The molecule has 63 heavy (non-hydrogen) atoms. The first-order chi connectivity index (χ1) is 29.4. The van der Waals surface area contributed by atoms with E-state index in [9.17, 15) is 45.9 Å². The highest BCUT2D eigenvalue weighted by atomic mass is 32.3. The zero-order chi connectivity index (χ0) is 46.9. The number of carbonyl (C=O) groups excluding carboxylic acids is 3. The standard InChI is InChI=1S/C38H56N6O15S4/c1-8-39-28-15-21(2)62(52,53)37-27(28)17-32(60-37)63(54,55)43-23(4)33(49)22(3)24(5)58-30(47)9-10-31(48)59-26(19-40-38(6,7)18-25(36(50)51)16-29(45)46)20-57-35-34(41-61-42-35)44-11-13-56-14-12-44/h16-17,21-24,26,28,39-40,43H,8-15,18-20H2,1-7H3,(H,45,46)(H,50,51)/b25-16-/t21-,22+,23?,24?,26-,28-/m0/s1. The van der Waals surface area contributed by atoms with E-state index in [1.54, 1.807) is 20.8 Å².